The minimum Gasteiger partial charge on any atom is -0.396 e. The molecule has 0 radical (unpaired) electrons. The topological polar surface area (TPSA) is 29.5 Å². The van der Waals surface area contributed by atoms with E-state index in [1.165, 1.54) is 0 Å². The number of aliphatic hydroxyl groups excluding tert-OH is 1. The molecule has 14 heavy (non-hydrogen) atoms. The fourth-order valence-corrected chi connectivity index (χ4v) is 1.17. The Morgan fingerprint density at radius 1 is 1.36 bits per heavy atom. The van der Waals surface area contributed by atoms with Gasteiger partial charge in [-0.1, -0.05) is 18.2 Å². The Kier molecular flexibility index (Phi) is 10.0. The first kappa shape index (κ1) is 13.4. The van der Waals surface area contributed by atoms with Crippen LogP contribution < -0.4 is 0 Å². The van der Waals surface area contributed by atoms with Gasteiger partial charge in [0.2, 0.25) is 0 Å². The summed E-state index contributed by atoms with van der Waals surface area (Å²) in [4.78, 5) is 0. The van der Waals surface area contributed by atoms with Crippen molar-refractivity contribution >= 4 is 0 Å². The Morgan fingerprint density at radius 3 is 2.71 bits per heavy atom. The lowest BCUT2D eigenvalue weighted by molar-refractivity contribution is 0.0987. The second-order valence-corrected chi connectivity index (χ2v) is 3.16. The summed E-state index contributed by atoms with van der Waals surface area (Å²) in [6.07, 6.45) is 10.1. The average Bonchev–Trinajstić information content (AvgIpc) is 2.21. The molecule has 1 N–H and O–H groups in total. The molecule has 0 saturated heterocycles. The number of ether oxygens (including phenoxy) is 1. The van der Waals surface area contributed by atoms with Gasteiger partial charge in [-0.2, -0.15) is 0 Å². The third-order valence-electron chi connectivity index (χ3n) is 1.96. The molecule has 0 bridgehead atoms. The van der Waals surface area contributed by atoms with Crippen molar-refractivity contribution in [3.05, 3.63) is 24.8 Å². The molecule has 0 amide bonds. The number of hydrogen-bond donors (Lipinski definition) is 1. The standard InChI is InChI=1S/C12H22O2/c1-3-12(14-4-2)10-8-6-5-7-9-11-13/h3,6,8,12-13H,1,4-5,7,9-11H2,2H3/b8-6-. The third kappa shape index (κ3) is 8.02. The van der Waals surface area contributed by atoms with Crippen LogP contribution in [0, 0.1) is 0 Å². The van der Waals surface area contributed by atoms with E-state index in [0.29, 0.717) is 6.61 Å². The zero-order valence-corrected chi connectivity index (χ0v) is 9.11. The average molecular weight is 198 g/mol. The largest absolute Gasteiger partial charge is 0.396 e. The second kappa shape index (κ2) is 10.5. The lowest BCUT2D eigenvalue weighted by Gasteiger charge is -2.08. The van der Waals surface area contributed by atoms with Crippen LogP contribution in [0.5, 0.6) is 0 Å². The number of allylic oxidation sites excluding steroid dienone is 1. The highest BCUT2D eigenvalue weighted by Gasteiger charge is 1.98. The molecule has 2 heteroatoms. The van der Waals surface area contributed by atoms with E-state index < -0.39 is 0 Å². The maximum absolute atomic E-state index is 8.56. The van der Waals surface area contributed by atoms with E-state index >= 15 is 0 Å². The number of rotatable bonds is 9. The maximum Gasteiger partial charge on any atom is 0.0787 e. The molecule has 0 aliphatic carbocycles. The minimum atomic E-state index is 0.147. The lowest BCUT2D eigenvalue weighted by atomic mass is 10.2. The highest BCUT2D eigenvalue weighted by molar-refractivity contribution is 4.90. The predicted molar refractivity (Wildman–Crippen MR) is 60.3 cm³/mol. The predicted octanol–water partition coefficient (Wildman–Crippen LogP) is 2.69. The van der Waals surface area contributed by atoms with Crippen molar-refractivity contribution in [3.8, 4) is 0 Å². The molecule has 0 aromatic heterocycles. The molecule has 0 aromatic carbocycles. The highest BCUT2D eigenvalue weighted by atomic mass is 16.5. The van der Waals surface area contributed by atoms with Crippen LogP contribution in [0.3, 0.4) is 0 Å². The van der Waals surface area contributed by atoms with E-state index in [9.17, 15) is 0 Å². The summed E-state index contributed by atoms with van der Waals surface area (Å²) in [6, 6.07) is 0. The van der Waals surface area contributed by atoms with Crippen molar-refractivity contribution in [1.29, 1.82) is 0 Å². The fourth-order valence-electron chi connectivity index (χ4n) is 1.17. The summed E-state index contributed by atoms with van der Waals surface area (Å²) >= 11 is 0. The van der Waals surface area contributed by atoms with E-state index in [1.807, 2.05) is 13.0 Å². The molecule has 2 nitrogen and oxygen atoms in total. The van der Waals surface area contributed by atoms with Crippen LogP contribution in [-0.2, 0) is 4.74 Å². The van der Waals surface area contributed by atoms with Crippen molar-refractivity contribution in [1.82, 2.24) is 0 Å². The third-order valence-corrected chi connectivity index (χ3v) is 1.96. The number of hydrogen-bond acceptors (Lipinski definition) is 2. The van der Waals surface area contributed by atoms with E-state index in [1.54, 1.807) is 0 Å². The SMILES string of the molecule is C=CC(C/C=C\CCCCO)OCC. The molecule has 1 unspecified atom stereocenters. The highest BCUT2D eigenvalue weighted by Crippen LogP contribution is 2.03. The van der Waals surface area contributed by atoms with Crippen molar-refractivity contribution < 1.29 is 9.84 Å². The molecule has 0 rings (SSSR count). The lowest BCUT2D eigenvalue weighted by Crippen LogP contribution is -2.07. The normalized spacial score (nSPS) is 13.3. The quantitative estimate of drug-likeness (QED) is 0.456. The van der Waals surface area contributed by atoms with Crippen LogP contribution >= 0.6 is 0 Å². The van der Waals surface area contributed by atoms with Crippen LogP contribution in [0.25, 0.3) is 0 Å². The van der Waals surface area contributed by atoms with Crippen molar-refractivity contribution in [3.63, 3.8) is 0 Å². The molecular formula is C12H22O2. The molecule has 0 aliphatic heterocycles. The van der Waals surface area contributed by atoms with Gasteiger partial charge in [-0.25, -0.2) is 0 Å². The van der Waals surface area contributed by atoms with Gasteiger partial charge in [-0.15, -0.1) is 6.58 Å². The molecule has 0 aromatic rings. The monoisotopic (exact) mass is 198 g/mol. The van der Waals surface area contributed by atoms with Crippen molar-refractivity contribution in [2.24, 2.45) is 0 Å². The molecular weight excluding hydrogens is 176 g/mol. The van der Waals surface area contributed by atoms with Crippen LogP contribution in [0.1, 0.15) is 32.6 Å². The molecule has 0 spiro atoms. The molecule has 0 heterocycles. The Morgan fingerprint density at radius 2 is 2.14 bits per heavy atom. The maximum atomic E-state index is 8.56. The van der Waals surface area contributed by atoms with Gasteiger partial charge >= 0.3 is 0 Å². The van der Waals surface area contributed by atoms with E-state index in [2.05, 4.69) is 18.7 Å². The zero-order valence-electron chi connectivity index (χ0n) is 9.11. The van der Waals surface area contributed by atoms with Crippen molar-refractivity contribution in [2.75, 3.05) is 13.2 Å². The van der Waals surface area contributed by atoms with Crippen LogP contribution in [0.2, 0.25) is 0 Å². The van der Waals surface area contributed by atoms with E-state index in [-0.39, 0.29) is 6.10 Å². The molecule has 82 valence electrons. The minimum absolute atomic E-state index is 0.147. The van der Waals surface area contributed by atoms with Gasteiger partial charge in [0.15, 0.2) is 0 Å². The molecule has 0 fully saturated rings. The first-order valence-electron chi connectivity index (χ1n) is 5.35. The Hall–Kier alpha value is -0.600. The summed E-state index contributed by atoms with van der Waals surface area (Å²) in [5.74, 6) is 0. The fraction of sp³-hybridized carbons (Fsp3) is 0.667. The number of aliphatic hydroxyl groups is 1. The first-order valence-corrected chi connectivity index (χ1v) is 5.35. The first-order chi connectivity index (χ1) is 6.85. The van der Waals surface area contributed by atoms with Gasteiger partial charge in [-0.05, 0) is 32.6 Å². The van der Waals surface area contributed by atoms with E-state index in [4.69, 9.17) is 9.84 Å². The van der Waals surface area contributed by atoms with Crippen molar-refractivity contribution in [2.45, 2.75) is 38.7 Å². The summed E-state index contributed by atoms with van der Waals surface area (Å²) in [5, 5.41) is 8.56. The molecule has 0 aliphatic rings. The van der Waals surface area contributed by atoms with Gasteiger partial charge in [0.1, 0.15) is 0 Å². The summed E-state index contributed by atoms with van der Waals surface area (Å²) in [6.45, 7) is 6.73. The second-order valence-electron chi connectivity index (χ2n) is 3.16. The van der Waals surface area contributed by atoms with Crippen LogP contribution in [0.4, 0.5) is 0 Å². The van der Waals surface area contributed by atoms with E-state index in [0.717, 1.165) is 32.3 Å². The van der Waals surface area contributed by atoms with Gasteiger partial charge in [0.25, 0.3) is 0 Å². The summed E-state index contributed by atoms with van der Waals surface area (Å²) < 4.78 is 5.41. The molecule has 1 atom stereocenters. The smallest absolute Gasteiger partial charge is 0.0787 e. The van der Waals surface area contributed by atoms with Gasteiger partial charge in [0, 0.05) is 13.2 Å². The van der Waals surface area contributed by atoms with Crippen LogP contribution in [0.15, 0.2) is 24.8 Å². The Balaban J connectivity index is 3.42. The molecule has 0 saturated carbocycles. The van der Waals surface area contributed by atoms with Gasteiger partial charge in [-0.3, -0.25) is 0 Å². The summed E-state index contributed by atoms with van der Waals surface area (Å²) in [5.41, 5.74) is 0. The Bertz CT molecular complexity index is 152. The number of unbranched alkanes of at least 4 members (excludes halogenated alkanes) is 2. The van der Waals surface area contributed by atoms with Gasteiger partial charge in [0.05, 0.1) is 6.10 Å². The summed E-state index contributed by atoms with van der Waals surface area (Å²) in [7, 11) is 0. The zero-order chi connectivity index (χ0) is 10.6. The van der Waals surface area contributed by atoms with Gasteiger partial charge < -0.3 is 9.84 Å². The van der Waals surface area contributed by atoms with Crippen LogP contribution in [-0.4, -0.2) is 24.4 Å². The Labute approximate surface area is 87.3 Å².